The van der Waals surface area contributed by atoms with Gasteiger partial charge in [0.2, 0.25) is 0 Å². The average molecular weight is 210 g/mol. The van der Waals surface area contributed by atoms with Gasteiger partial charge in [0.25, 0.3) is 6.01 Å². The predicted octanol–water partition coefficient (Wildman–Crippen LogP) is 1.94. The van der Waals surface area contributed by atoms with Gasteiger partial charge in [0, 0.05) is 13.1 Å². The van der Waals surface area contributed by atoms with Crippen LogP contribution in [0.3, 0.4) is 0 Å². The fraction of sp³-hybridized carbons (Fsp3) is 0.727. The molecule has 1 N–H and O–H groups in total. The third-order valence-corrected chi connectivity index (χ3v) is 3.13. The van der Waals surface area contributed by atoms with Crippen LogP contribution in [0.15, 0.2) is 10.7 Å². The van der Waals surface area contributed by atoms with Gasteiger partial charge in [-0.3, -0.25) is 0 Å². The summed E-state index contributed by atoms with van der Waals surface area (Å²) in [5, 5.41) is 8.90. The summed E-state index contributed by atoms with van der Waals surface area (Å²) in [5.41, 5.74) is 0.604. The highest BCUT2D eigenvalue weighted by atomic mass is 16.4. The number of hydrogen-bond acceptors (Lipinski definition) is 4. The van der Waals surface area contributed by atoms with Crippen LogP contribution in [-0.4, -0.2) is 23.2 Å². The quantitative estimate of drug-likeness (QED) is 0.828. The number of nitrogens with zero attached hydrogens (tertiary/aromatic N) is 2. The molecule has 0 saturated heterocycles. The maximum absolute atomic E-state index is 8.90. The highest BCUT2D eigenvalue weighted by molar-refractivity contribution is 5.27. The Balaban J connectivity index is 2.02. The molecule has 0 bridgehead atoms. The molecular formula is C11H18N2O2. The Hall–Kier alpha value is -1.03. The number of oxazole rings is 1. The second-order valence-electron chi connectivity index (χ2n) is 4.18. The molecule has 0 aromatic carbocycles. The number of aliphatic hydroxyl groups is 1. The highest BCUT2D eigenvalue weighted by Gasteiger charge is 2.21. The smallest absolute Gasteiger partial charge is 0.297 e. The van der Waals surface area contributed by atoms with Gasteiger partial charge in [-0.15, -0.1) is 0 Å². The SMILES string of the molecule is CN(c1nc(CO)co1)C1CCCCC1. The summed E-state index contributed by atoms with van der Waals surface area (Å²) in [5.74, 6) is 0. The molecule has 0 unspecified atom stereocenters. The molecule has 4 nitrogen and oxygen atoms in total. The van der Waals surface area contributed by atoms with Crippen molar-refractivity contribution in [3.05, 3.63) is 12.0 Å². The average Bonchev–Trinajstić information content (AvgIpc) is 2.78. The molecule has 2 rings (SSSR count). The van der Waals surface area contributed by atoms with Crippen LogP contribution in [-0.2, 0) is 6.61 Å². The topological polar surface area (TPSA) is 49.5 Å². The number of aromatic nitrogens is 1. The Morgan fingerprint density at radius 3 is 2.80 bits per heavy atom. The zero-order valence-corrected chi connectivity index (χ0v) is 9.15. The first kappa shape index (κ1) is 10.5. The molecule has 0 spiro atoms. The Labute approximate surface area is 89.9 Å². The molecule has 1 fully saturated rings. The van der Waals surface area contributed by atoms with E-state index in [4.69, 9.17) is 9.52 Å². The van der Waals surface area contributed by atoms with Crippen LogP contribution in [0.4, 0.5) is 6.01 Å². The molecule has 1 saturated carbocycles. The van der Waals surface area contributed by atoms with E-state index in [0.717, 1.165) is 0 Å². The molecule has 1 heterocycles. The standard InChI is InChI=1S/C11H18N2O2/c1-13(10-5-3-2-4-6-10)11-12-9(7-14)8-15-11/h8,10,14H,2-7H2,1H3. The van der Waals surface area contributed by atoms with Gasteiger partial charge in [-0.2, -0.15) is 4.98 Å². The van der Waals surface area contributed by atoms with Crippen LogP contribution < -0.4 is 4.90 Å². The fourth-order valence-corrected chi connectivity index (χ4v) is 2.16. The Morgan fingerprint density at radius 1 is 1.47 bits per heavy atom. The second-order valence-corrected chi connectivity index (χ2v) is 4.18. The lowest BCUT2D eigenvalue weighted by Crippen LogP contribution is -2.33. The Kier molecular flexibility index (Phi) is 3.26. The lowest BCUT2D eigenvalue weighted by Gasteiger charge is -2.29. The monoisotopic (exact) mass is 210 g/mol. The number of aliphatic hydroxyl groups excluding tert-OH is 1. The summed E-state index contributed by atoms with van der Waals surface area (Å²) in [7, 11) is 2.02. The summed E-state index contributed by atoms with van der Waals surface area (Å²) in [6.45, 7) is -0.0536. The molecule has 0 atom stereocenters. The summed E-state index contributed by atoms with van der Waals surface area (Å²) in [4.78, 5) is 6.31. The maximum Gasteiger partial charge on any atom is 0.297 e. The molecule has 1 aromatic rings. The lowest BCUT2D eigenvalue weighted by molar-refractivity contribution is 0.276. The van der Waals surface area contributed by atoms with Crippen LogP contribution in [0.5, 0.6) is 0 Å². The molecule has 15 heavy (non-hydrogen) atoms. The van der Waals surface area contributed by atoms with Crippen molar-refractivity contribution in [3.8, 4) is 0 Å². The highest BCUT2D eigenvalue weighted by Crippen LogP contribution is 2.25. The summed E-state index contributed by atoms with van der Waals surface area (Å²) < 4.78 is 5.33. The van der Waals surface area contributed by atoms with E-state index in [1.54, 1.807) is 0 Å². The van der Waals surface area contributed by atoms with Crippen LogP contribution in [0.25, 0.3) is 0 Å². The Bertz CT molecular complexity index is 305. The summed E-state index contributed by atoms with van der Waals surface area (Å²) in [6, 6.07) is 1.18. The van der Waals surface area contributed by atoms with E-state index < -0.39 is 0 Å². The van der Waals surface area contributed by atoms with Gasteiger partial charge in [0.05, 0.1) is 6.61 Å². The van der Waals surface area contributed by atoms with E-state index in [1.165, 1.54) is 38.4 Å². The van der Waals surface area contributed by atoms with Crippen molar-refractivity contribution in [2.75, 3.05) is 11.9 Å². The second kappa shape index (κ2) is 4.66. The molecule has 1 aromatic heterocycles. The van der Waals surface area contributed by atoms with E-state index >= 15 is 0 Å². The van der Waals surface area contributed by atoms with Crippen molar-refractivity contribution < 1.29 is 9.52 Å². The minimum Gasteiger partial charge on any atom is -0.432 e. The third-order valence-electron chi connectivity index (χ3n) is 3.13. The number of rotatable bonds is 3. The number of hydrogen-bond donors (Lipinski definition) is 1. The van der Waals surface area contributed by atoms with E-state index in [0.29, 0.717) is 17.8 Å². The van der Waals surface area contributed by atoms with Gasteiger partial charge in [-0.1, -0.05) is 19.3 Å². The van der Waals surface area contributed by atoms with E-state index in [2.05, 4.69) is 9.88 Å². The maximum atomic E-state index is 8.90. The van der Waals surface area contributed by atoms with Crippen LogP contribution in [0.1, 0.15) is 37.8 Å². The van der Waals surface area contributed by atoms with Crippen molar-refractivity contribution in [1.29, 1.82) is 0 Å². The van der Waals surface area contributed by atoms with Crippen molar-refractivity contribution in [2.24, 2.45) is 0 Å². The first-order valence-electron chi connectivity index (χ1n) is 5.59. The lowest BCUT2D eigenvalue weighted by atomic mass is 9.95. The molecule has 1 aliphatic rings. The normalized spacial score (nSPS) is 18.0. The van der Waals surface area contributed by atoms with E-state index in [-0.39, 0.29) is 6.61 Å². The van der Waals surface area contributed by atoms with Crippen molar-refractivity contribution in [3.63, 3.8) is 0 Å². The van der Waals surface area contributed by atoms with Crippen LogP contribution in [0.2, 0.25) is 0 Å². The first-order chi connectivity index (χ1) is 7.31. The predicted molar refractivity (Wildman–Crippen MR) is 57.7 cm³/mol. The van der Waals surface area contributed by atoms with Gasteiger partial charge in [-0.25, -0.2) is 0 Å². The Morgan fingerprint density at radius 2 is 2.20 bits per heavy atom. The summed E-state index contributed by atoms with van der Waals surface area (Å²) in [6.07, 6.45) is 7.89. The fourth-order valence-electron chi connectivity index (χ4n) is 2.16. The van der Waals surface area contributed by atoms with Crippen molar-refractivity contribution >= 4 is 6.01 Å². The van der Waals surface area contributed by atoms with E-state index in [9.17, 15) is 0 Å². The summed E-state index contributed by atoms with van der Waals surface area (Å²) >= 11 is 0. The number of anilines is 1. The molecule has 0 radical (unpaired) electrons. The van der Waals surface area contributed by atoms with Gasteiger partial charge in [0.15, 0.2) is 0 Å². The molecule has 0 aliphatic heterocycles. The first-order valence-corrected chi connectivity index (χ1v) is 5.59. The molecular weight excluding hydrogens is 192 g/mol. The zero-order valence-electron chi connectivity index (χ0n) is 9.15. The van der Waals surface area contributed by atoms with Crippen LogP contribution >= 0.6 is 0 Å². The van der Waals surface area contributed by atoms with Crippen LogP contribution in [0, 0.1) is 0 Å². The molecule has 0 amide bonds. The molecule has 84 valence electrons. The van der Waals surface area contributed by atoms with Gasteiger partial charge in [-0.05, 0) is 12.8 Å². The van der Waals surface area contributed by atoms with E-state index in [1.807, 2.05) is 7.05 Å². The van der Waals surface area contributed by atoms with Crippen molar-refractivity contribution in [1.82, 2.24) is 4.98 Å². The van der Waals surface area contributed by atoms with Crippen molar-refractivity contribution in [2.45, 2.75) is 44.8 Å². The minimum absolute atomic E-state index is 0.0536. The molecule has 1 aliphatic carbocycles. The molecule has 4 heteroatoms. The zero-order chi connectivity index (χ0) is 10.7. The van der Waals surface area contributed by atoms with Gasteiger partial charge >= 0.3 is 0 Å². The minimum atomic E-state index is -0.0536. The van der Waals surface area contributed by atoms with Gasteiger partial charge in [0.1, 0.15) is 12.0 Å². The largest absolute Gasteiger partial charge is 0.432 e. The van der Waals surface area contributed by atoms with Gasteiger partial charge < -0.3 is 14.4 Å². The third kappa shape index (κ3) is 2.31.